The van der Waals surface area contributed by atoms with Crippen molar-refractivity contribution in [2.45, 2.75) is 18.9 Å². The van der Waals surface area contributed by atoms with Gasteiger partial charge in [-0.25, -0.2) is 0 Å². The zero-order valence-corrected chi connectivity index (χ0v) is 7.37. The van der Waals surface area contributed by atoms with E-state index < -0.39 is 5.97 Å². The summed E-state index contributed by atoms with van der Waals surface area (Å²) in [6.07, 6.45) is 0.0352. The molecule has 0 aliphatic rings. The van der Waals surface area contributed by atoms with Crippen molar-refractivity contribution >= 4 is 5.97 Å². The molecule has 0 aromatic carbocycles. The highest BCUT2D eigenvalue weighted by molar-refractivity contribution is 5.67. The Morgan fingerprint density at radius 1 is 1.50 bits per heavy atom. The van der Waals surface area contributed by atoms with Crippen LogP contribution in [0.3, 0.4) is 0 Å². The topological polar surface area (TPSA) is 55.8 Å². The van der Waals surface area contributed by atoms with E-state index in [0.717, 1.165) is 0 Å². The summed E-state index contributed by atoms with van der Waals surface area (Å²) in [5.74, 6) is -0.353. The Kier molecular flexibility index (Phi) is 5.12. The zero-order valence-electron chi connectivity index (χ0n) is 7.37. The fourth-order valence-corrected chi connectivity index (χ4v) is 0.771. The Bertz CT molecular complexity index is 164. The monoisotopic (exact) mass is 174 g/mol. The first kappa shape index (κ1) is 11.0. The largest absolute Gasteiger partial charge is 0.502 e. The van der Waals surface area contributed by atoms with Crippen molar-refractivity contribution < 1.29 is 19.4 Å². The highest BCUT2D eigenvalue weighted by Gasteiger charge is 2.13. The molecule has 0 heterocycles. The molecule has 4 heteroatoms. The summed E-state index contributed by atoms with van der Waals surface area (Å²) in [4.78, 5) is 10.3. The van der Waals surface area contributed by atoms with Crippen molar-refractivity contribution in [1.82, 2.24) is 0 Å². The molecule has 0 saturated heterocycles. The van der Waals surface area contributed by atoms with Gasteiger partial charge in [0.25, 0.3) is 0 Å². The molecule has 0 aliphatic heterocycles. The van der Waals surface area contributed by atoms with Crippen molar-refractivity contribution in [3.63, 3.8) is 0 Å². The molecule has 1 unspecified atom stereocenters. The van der Waals surface area contributed by atoms with Crippen LogP contribution in [0.4, 0.5) is 0 Å². The average Bonchev–Trinajstić information content (AvgIpc) is 2.02. The van der Waals surface area contributed by atoms with Gasteiger partial charge in [-0.15, -0.1) is 0 Å². The molecule has 0 rings (SSSR count). The van der Waals surface area contributed by atoms with Crippen molar-refractivity contribution in [3.8, 4) is 0 Å². The third-order valence-electron chi connectivity index (χ3n) is 1.48. The van der Waals surface area contributed by atoms with Crippen LogP contribution in [0.25, 0.3) is 0 Å². The molecule has 0 fully saturated rings. The van der Waals surface area contributed by atoms with Gasteiger partial charge < -0.3 is 14.6 Å². The molecule has 0 aliphatic carbocycles. The zero-order chi connectivity index (χ0) is 9.56. The normalized spacial score (nSPS) is 12.2. The van der Waals surface area contributed by atoms with E-state index in [2.05, 4.69) is 6.58 Å². The number of carboxylic acid groups (broad SMARTS) is 1. The summed E-state index contributed by atoms with van der Waals surface area (Å²) in [5.41, 5.74) is 0. The number of carboxylic acids is 1. The molecule has 0 amide bonds. The molecular weight excluding hydrogens is 160 g/mol. The van der Waals surface area contributed by atoms with Gasteiger partial charge in [-0.1, -0.05) is 6.58 Å². The average molecular weight is 174 g/mol. The lowest BCUT2D eigenvalue weighted by atomic mass is 10.1. The summed E-state index contributed by atoms with van der Waals surface area (Å²) in [5, 5.41) is 8.45. The Hall–Kier alpha value is -1.03. The molecular formula is C8H14O4. The second-order valence-corrected chi connectivity index (χ2v) is 2.40. The SMILES string of the molecule is C=C(CC(CC(=O)O)OC)OC. The lowest BCUT2D eigenvalue weighted by Crippen LogP contribution is -2.16. The van der Waals surface area contributed by atoms with Gasteiger partial charge in [0.15, 0.2) is 0 Å². The highest BCUT2D eigenvalue weighted by atomic mass is 16.5. The lowest BCUT2D eigenvalue weighted by Gasteiger charge is -2.13. The van der Waals surface area contributed by atoms with Crippen molar-refractivity contribution in [2.75, 3.05) is 14.2 Å². The molecule has 1 atom stereocenters. The summed E-state index contributed by atoms with van der Waals surface area (Å²) in [6.45, 7) is 3.57. The van der Waals surface area contributed by atoms with E-state index in [1.807, 2.05) is 0 Å². The van der Waals surface area contributed by atoms with Crippen LogP contribution in [0.5, 0.6) is 0 Å². The molecule has 0 spiro atoms. The van der Waals surface area contributed by atoms with E-state index in [0.29, 0.717) is 12.2 Å². The third kappa shape index (κ3) is 4.73. The van der Waals surface area contributed by atoms with Gasteiger partial charge in [-0.2, -0.15) is 0 Å². The van der Waals surface area contributed by atoms with E-state index in [4.69, 9.17) is 14.6 Å². The van der Waals surface area contributed by atoms with Gasteiger partial charge in [-0.3, -0.25) is 4.79 Å². The fraction of sp³-hybridized carbons (Fsp3) is 0.625. The van der Waals surface area contributed by atoms with Gasteiger partial charge in [0, 0.05) is 13.5 Å². The second-order valence-electron chi connectivity index (χ2n) is 2.40. The Morgan fingerprint density at radius 2 is 2.08 bits per heavy atom. The van der Waals surface area contributed by atoms with Crippen LogP contribution in [0.1, 0.15) is 12.8 Å². The minimum Gasteiger partial charge on any atom is -0.502 e. The second kappa shape index (κ2) is 5.60. The van der Waals surface area contributed by atoms with Crippen molar-refractivity contribution in [2.24, 2.45) is 0 Å². The van der Waals surface area contributed by atoms with Crippen LogP contribution < -0.4 is 0 Å². The van der Waals surface area contributed by atoms with Crippen LogP contribution in [0, 0.1) is 0 Å². The van der Waals surface area contributed by atoms with E-state index in [1.54, 1.807) is 0 Å². The lowest BCUT2D eigenvalue weighted by molar-refractivity contribution is -0.139. The maximum atomic E-state index is 10.3. The molecule has 1 N–H and O–H groups in total. The molecule has 0 bridgehead atoms. The summed E-state index contributed by atoms with van der Waals surface area (Å²) < 4.78 is 9.71. The minimum absolute atomic E-state index is 0.0289. The first-order valence-corrected chi connectivity index (χ1v) is 3.56. The van der Waals surface area contributed by atoms with Crippen molar-refractivity contribution in [1.29, 1.82) is 0 Å². The first-order valence-electron chi connectivity index (χ1n) is 3.56. The van der Waals surface area contributed by atoms with E-state index in [9.17, 15) is 4.79 Å². The Morgan fingerprint density at radius 3 is 2.42 bits per heavy atom. The van der Waals surface area contributed by atoms with Gasteiger partial charge in [0.2, 0.25) is 0 Å². The minimum atomic E-state index is -0.884. The highest BCUT2D eigenvalue weighted by Crippen LogP contribution is 2.09. The maximum absolute atomic E-state index is 10.3. The van der Waals surface area contributed by atoms with Gasteiger partial charge in [0.05, 0.1) is 25.4 Å². The van der Waals surface area contributed by atoms with Crippen LogP contribution in [0.15, 0.2) is 12.3 Å². The molecule has 0 radical (unpaired) electrons. The quantitative estimate of drug-likeness (QED) is 0.611. The van der Waals surface area contributed by atoms with Crippen LogP contribution in [0.2, 0.25) is 0 Å². The van der Waals surface area contributed by atoms with Gasteiger partial charge >= 0.3 is 5.97 Å². The molecule has 0 aromatic rings. The third-order valence-corrected chi connectivity index (χ3v) is 1.48. The van der Waals surface area contributed by atoms with E-state index >= 15 is 0 Å². The Labute approximate surface area is 71.8 Å². The molecule has 0 saturated carbocycles. The van der Waals surface area contributed by atoms with E-state index in [1.165, 1.54) is 14.2 Å². The predicted molar refractivity (Wildman–Crippen MR) is 43.8 cm³/mol. The standard InChI is InChI=1S/C8H14O4/c1-6(11-2)4-7(12-3)5-8(9)10/h7H,1,4-5H2,2-3H3,(H,9,10). The smallest absolute Gasteiger partial charge is 0.305 e. The molecule has 0 aromatic heterocycles. The number of carbonyl (C=O) groups is 1. The molecule has 4 nitrogen and oxygen atoms in total. The Balaban J connectivity index is 3.82. The fourth-order valence-electron chi connectivity index (χ4n) is 0.771. The predicted octanol–water partition coefficient (Wildman–Crippen LogP) is 1.03. The first-order chi connectivity index (χ1) is 5.60. The van der Waals surface area contributed by atoms with Crippen LogP contribution >= 0.6 is 0 Å². The van der Waals surface area contributed by atoms with Crippen LogP contribution in [-0.2, 0) is 14.3 Å². The number of hydrogen-bond acceptors (Lipinski definition) is 3. The number of hydrogen-bond donors (Lipinski definition) is 1. The summed E-state index contributed by atoms with van der Waals surface area (Å²) in [6, 6.07) is 0. The maximum Gasteiger partial charge on any atom is 0.305 e. The van der Waals surface area contributed by atoms with Gasteiger partial charge in [0.1, 0.15) is 0 Å². The number of aliphatic carboxylic acids is 1. The number of rotatable bonds is 6. The summed E-state index contributed by atoms with van der Waals surface area (Å²) in [7, 11) is 2.96. The van der Waals surface area contributed by atoms with E-state index in [-0.39, 0.29) is 12.5 Å². The number of methoxy groups -OCH3 is 2. The van der Waals surface area contributed by atoms with Crippen molar-refractivity contribution in [3.05, 3.63) is 12.3 Å². The molecule has 12 heavy (non-hydrogen) atoms. The number of ether oxygens (including phenoxy) is 2. The molecule has 70 valence electrons. The summed E-state index contributed by atoms with van der Waals surface area (Å²) >= 11 is 0. The van der Waals surface area contributed by atoms with Gasteiger partial charge in [-0.05, 0) is 0 Å². The van der Waals surface area contributed by atoms with Crippen LogP contribution in [-0.4, -0.2) is 31.4 Å².